The van der Waals surface area contributed by atoms with Gasteiger partial charge in [0.15, 0.2) is 12.2 Å². The number of carbonyl (C=O) groups excluding carboxylic acids is 1. The number of carboxylic acids is 1. The predicted octanol–water partition coefficient (Wildman–Crippen LogP) is -1.50. The Hall–Kier alpha value is -1.18. The smallest absolute Gasteiger partial charge is 0.338 e. The molecule has 3 unspecified atom stereocenters. The average molecular weight is 236 g/mol. The molecular formula is C9H16O7. The van der Waals surface area contributed by atoms with Crippen molar-refractivity contribution in [1.29, 1.82) is 0 Å². The van der Waals surface area contributed by atoms with Gasteiger partial charge in [-0.25, -0.2) is 9.59 Å². The summed E-state index contributed by atoms with van der Waals surface area (Å²) in [5.74, 6) is -2.93. The second kappa shape index (κ2) is 7.15. The number of aliphatic carboxylic acids is 1. The first-order valence-electron chi connectivity index (χ1n) is 4.83. The topological polar surface area (TPSA) is 124 Å². The number of hydrogen-bond acceptors (Lipinski definition) is 6. The van der Waals surface area contributed by atoms with Crippen LogP contribution in [0.5, 0.6) is 0 Å². The fourth-order valence-electron chi connectivity index (χ4n) is 0.849. The molecule has 0 amide bonds. The first-order chi connectivity index (χ1) is 7.40. The summed E-state index contributed by atoms with van der Waals surface area (Å²) >= 11 is 0. The van der Waals surface area contributed by atoms with E-state index in [-0.39, 0.29) is 13.0 Å². The largest absolute Gasteiger partial charge is 0.479 e. The molecule has 7 nitrogen and oxygen atoms in total. The predicted molar refractivity (Wildman–Crippen MR) is 51.5 cm³/mol. The number of ether oxygens (including phenoxy) is 1. The highest BCUT2D eigenvalue weighted by molar-refractivity contribution is 5.84. The highest BCUT2D eigenvalue weighted by atomic mass is 16.6. The van der Waals surface area contributed by atoms with Crippen LogP contribution in [0.4, 0.5) is 0 Å². The van der Waals surface area contributed by atoms with Crippen molar-refractivity contribution in [2.75, 3.05) is 6.61 Å². The summed E-state index contributed by atoms with van der Waals surface area (Å²) in [5, 5.41) is 35.2. The second-order valence-electron chi connectivity index (χ2n) is 3.25. The lowest BCUT2D eigenvalue weighted by Gasteiger charge is -2.14. The van der Waals surface area contributed by atoms with Crippen LogP contribution < -0.4 is 0 Å². The zero-order valence-corrected chi connectivity index (χ0v) is 8.87. The molecule has 0 aromatic heterocycles. The van der Waals surface area contributed by atoms with Crippen LogP contribution in [0, 0.1) is 0 Å². The summed E-state index contributed by atoms with van der Waals surface area (Å²) in [6.45, 7) is 1.60. The molecule has 0 aliphatic heterocycles. The Morgan fingerprint density at radius 2 is 1.75 bits per heavy atom. The third-order valence-corrected chi connectivity index (χ3v) is 1.96. The summed E-state index contributed by atoms with van der Waals surface area (Å²) in [4.78, 5) is 21.2. The summed E-state index contributed by atoms with van der Waals surface area (Å²) in [5.41, 5.74) is 0. The molecule has 0 aliphatic rings. The van der Waals surface area contributed by atoms with Gasteiger partial charge < -0.3 is 25.2 Å². The minimum absolute atomic E-state index is 0.142. The van der Waals surface area contributed by atoms with Crippen LogP contribution in [0.1, 0.15) is 19.8 Å². The number of rotatable bonds is 7. The van der Waals surface area contributed by atoms with E-state index in [0.29, 0.717) is 6.42 Å². The third kappa shape index (κ3) is 5.06. The fourth-order valence-corrected chi connectivity index (χ4v) is 0.849. The maximum Gasteiger partial charge on any atom is 0.338 e. The van der Waals surface area contributed by atoms with E-state index in [1.807, 2.05) is 0 Å². The number of aliphatic hydroxyl groups is 3. The van der Waals surface area contributed by atoms with Crippen LogP contribution in [-0.4, -0.2) is 57.3 Å². The maximum absolute atomic E-state index is 11.0. The fraction of sp³-hybridized carbons (Fsp3) is 0.778. The molecule has 0 fully saturated rings. The first kappa shape index (κ1) is 14.8. The van der Waals surface area contributed by atoms with Crippen molar-refractivity contribution >= 4 is 11.9 Å². The van der Waals surface area contributed by atoms with Crippen molar-refractivity contribution < 1.29 is 34.8 Å². The summed E-state index contributed by atoms with van der Waals surface area (Å²) in [6.07, 6.45) is -4.25. The molecule has 16 heavy (non-hydrogen) atoms. The molecule has 0 bridgehead atoms. The van der Waals surface area contributed by atoms with Gasteiger partial charge in [-0.1, -0.05) is 6.92 Å². The van der Waals surface area contributed by atoms with Crippen molar-refractivity contribution in [1.82, 2.24) is 0 Å². The third-order valence-electron chi connectivity index (χ3n) is 1.96. The molecule has 0 heterocycles. The van der Waals surface area contributed by atoms with Gasteiger partial charge in [-0.05, 0) is 6.42 Å². The number of carbonyl (C=O) groups is 2. The standard InChI is InChI=1S/C9H16O7/c1-2-5(10)3-4-16-9(15)7(12)6(11)8(13)14/h5-7,10-12H,2-4H2,1H3,(H,13,14). The summed E-state index contributed by atoms with van der Waals surface area (Å²) in [6, 6.07) is 0. The number of hydrogen-bond donors (Lipinski definition) is 4. The lowest BCUT2D eigenvalue weighted by Crippen LogP contribution is -2.40. The maximum atomic E-state index is 11.0. The van der Waals surface area contributed by atoms with Crippen LogP contribution >= 0.6 is 0 Å². The van der Waals surface area contributed by atoms with Gasteiger partial charge in [0.25, 0.3) is 0 Å². The molecular weight excluding hydrogens is 220 g/mol. The van der Waals surface area contributed by atoms with Crippen molar-refractivity contribution in [2.24, 2.45) is 0 Å². The minimum Gasteiger partial charge on any atom is -0.479 e. The van der Waals surface area contributed by atoms with Crippen LogP contribution in [-0.2, 0) is 14.3 Å². The Kier molecular flexibility index (Phi) is 6.63. The highest BCUT2D eigenvalue weighted by Gasteiger charge is 2.31. The zero-order chi connectivity index (χ0) is 12.7. The Bertz CT molecular complexity index is 240. The molecule has 4 N–H and O–H groups in total. The van der Waals surface area contributed by atoms with Crippen LogP contribution in [0.2, 0.25) is 0 Å². The van der Waals surface area contributed by atoms with Crippen molar-refractivity contribution in [3.63, 3.8) is 0 Å². The zero-order valence-electron chi connectivity index (χ0n) is 8.87. The van der Waals surface area contributed by atoms with Crippen LogP contribution in [0.3, 0.4) is 0 Å². The van der Waals surface area contributed by atoms with Gasteiger partial charge in [0, 0.05) is 6.42 Å². The van der Waals surface area contributed by atoms with Crippen molar-refractivity contribution in [2.45, 2.75) is 38.1 Å². The molecule has 0 saturated carbocycles. The summed E-state index contributed by atoms with van der Waals surface area (Å²) in [7, 11) is 0. The summed E-state index contributed by atoms with van der Waals surface area (Å²) < 4.78 is 4.48. The van der Waals surface area contributed by atoms with E-state index in [2.05, 4.69) is 4.74 Å². The molecule has 0 aliphatic carbocycles. The molecule has 0 rings (SSSR count). The van der Waals surface area contributed by atoms with E-state index in [1.165, 1.54) is 0 Å². The molecule has 94 valence electrons. The lowest BCUT2D eigenvalue weighted by atomic mass is 10.2. The molecule has 0 aromatic rings. The van der Waals surface area contributed by atoms with Gasteiger partial charge in [-0.2, -0.15) is 0 Å². The quantitative estimate of drug-likeness (QED) is 0.396. The van der Waals surface area contributed by atoms with E-state index >= 15 is 0 Å². The van der Waals surface area contributed by atoms with Crippen LogP contribution in [0.15, 0.2) is 0 Å². The van der Waals surface area contributed by atoms with E-state index in [0.717, 1.165) is 0 Å². The number of carboxylic acid groups (broad SMARTS) is 1. The SMILES string of the molecule is CCC(O)CCOC(=O)C(O)C(O)C(=O)O. The van der Waals surface area contributed by atoms with E-state index in [1.54, 1.807) is 6.92 Å². The molecule has 0 spiro atoms. The average Bonchev–Trinajstić information content (AvgIpc) is 2.26. The Morgan fingerprint density at radius 1 is 1.19 bits per heavy atom. The molecule has 0 saturated heterocycles. The molecule has 0 aromatic carbocycles. The highest BCUT2D eigenvalue weighted by Crippen LogP contribution is 2.01. The van der Waals surface area contributed by atoms with Gasteiger partial charge in [-0.3, -0.25) is 0 Å². The van der Waals surface area contributed by atoms with E-state index < -0.39 is 30.3 Å². The minimum atomic E-state index is -2.21. The monoisotopic (exact) mass is 236 g/mol. The normalized spacial score (nSPS) is 16.2. The first-order valence-corrected chi connectivity index (χ1v) is 4.83. The van der Waals surface area contributed by atoms with E-state index in [4.69, 9.17) is 20.4 Å². The molecule has 7 heteroatoms. The Morgan fingerprint density at radius 3 is 2.19 bits per heavy atom. The van der Waals surface area contributed by atoms with Crippen molar-refractivity contribution in [3.8, 4) is 0 Å². The van der Waals surface area contributed by atoms with Gasteiger partial charge in [0.2, 0.25) is 0 Å². The molecule has 3 atom stereocenters. The Balaban J connectivity index is 3.93. The van der Waals surface area contributed by atoms with Gasteiger partial charge in [0.05, 0.1) is 12.7 Å². The van der Waals surface area contributed by atoms with Gasteiger partial charge in [0.1, 0.15) is 0 Å². The van der Waals surface area contributed by atoms with Crippen LogP contribution in [0.25, 0.3) is 0 Å². The number of esters is 1. The van der Waals surface area contributed by atoms with Gasteiger partial charge >= 0.3 is 11.9 Å². The van der Waals surface area contributed by atoms with Gasteiger partial charge in [-0.15, -0.1) is 0 Å². The lowest BCUT2D eigenvalue weighted by molar-refractivity contribution is -0.170. The van der Waals surface area contributed by atoms with Crippen molar-refractivity contribution in [3.05, 3.63) is 0 Å². The molecule has 0 radical (unpaired) electrons. The van der Waals surface area contributed by atoms with E-state index in [9.17, 15) is 9.59 Å². The Labute approximate surface area is 92.3 Å². The second-order valence-corrected chi connectivity index (χ2v) is 3.25. The number of aliphatic hydroxyl groups excluding tert-OH is 3.